The van der Waals surface area contributed by atoms with Gasteiger partial charge >= 0.3 is 5.97 Å². The maximum Gasteiger partial charge on any atom is 0.342 e. The van der Waals surface area contributed by atoms with E-state index in [4.69, 9.17) is 4.74 Å². The molecule has 0 saturated carbocycles. The number of unbranched alkanes of at least 4 members (excludes halogenated alkanes) is 3. The molecule has 2 aromatic rings. The molecule has 0 bridgehead atoms. The van der Waals surface area contributed by atoms with Crippen molar-refractivity contribution in [1.82, 2.24) is 0 Å². The van der Waals surface area contributed by atoms with Gasteiger partial charge in [-0.15, -0.1) is 0 Å². The highest BCUT2D eigenvalue weighted by molar-refractivity contribution is 6.05. The Bertz CT molecular complexity index is 676. The van der Waals surface area contributed by atoms with Crippen molar-refractivity contribution in [2.24, 2.45) is 0 Å². The second kappa shape index (κ2) is 7.16. The molecule has 4 nitrogen and oxygen atoms in total. The van der Waals surface area contributed by atoms with Crippen molar-refractivity contribution in [2.45, 2.75) is 39.5 Å². The smallest absolute Gasteiger partial charge is 0.342 e. The molecule has 0 spiro atoms. The lowest BCUT2D eigenvalue weighted by atomic mass is 9.99. The molecule has 2 rings (SSSR count). The minimum atomic E-state index is -0.590. The number of hydrogen-bond donors (Lipinski definition) is 2. The zero-order chi connectivity index (χ0) is 16.1. The van der Waals surface area contributed by atoms with E-state index in [0.717, 1.165) is 25.7 Å². The Kier molecular flexibility index (Phi) is 5.26. The van der Waals surface area contributed by atoms with Crippen molar-refractivity contribution < 1.29 is 19.7 Å². The Balaban J connectivity index is 2.25. The van der Waals surface area contributed by atoms with Gasteiger partial charge in [-0.1, -0.05) is 50.5 Å². The van der Waals surface area contributed by atoms with Gasteiger partial charge in [0.25, 0.3) is 0 Å². The zero-order valence-electron chi connectivity index (χ0n) is 13.1. The first kappa shape index (κ1) is 16.1. The molecule has 22 heavy (non-hydrogen) atoms. The molecular weight excluding hydrogens is 280 g/mol. The van der Waals surface area contributed by atoms with Gasteiger partial charge in [0.05, 0.1) is 6.61 Å². The van der Waals surface area contributed by atoms with E-state index in [-0.39, 0.29) is 17.1 Å². The second-order valence-electron chi connectivity index (χ2n) is 5.44. The molecule has 0 aliphatic rings. The van der Waals surface area contributed by atoms with Crippen LogP contribution in [0.2, 0.25) is 0 Å². The molecule has 0 aliphatic carbocycles. The summed E-state index contributed by atoms with van der Waals surface area (Å²) in [5.74, 6) is -0.719. The highest BCUT2D eigenvalue weighted by Gasteiger charge is 2.22. The Hall–Kier alpha value is -2.23. The van der Waals surface area contributed by atoms with Crippen molar-refractivity contribution >= 4 is 16.7 Å². The number of phenolic OH excluding ortho intramolecular Hbond substituents is 2. The fraction of sp³-hybridized carbons (Fsp3) is 0.389. The van der Waals surface area contributed by atoms with Crippen LogP contribution in [0.1, 0.15) is 48.5 Å². The number of benzene rings is 2. The molecule has 2 N–H and O–H groups in total. The topological polar surface area (TPSA) is 66.8 Å². The average Bonchev–Trinajstić information content (AvgIpc) is 2.53. The van der Waals surface area contributed by atoms with Crippen LogP contribution in [0, 0.1) is 6.92 Å². The first-order valence-corrected chi connectivity index (χ1v) is 7.68. The fourth-order valence-electron chi connectivity index (χ4n) is 2.54. The number of carbonyl (C=O) groups excluding carboxylic acids is 1. The van der Waals surface area contributed by atoms with E-state index in [2.05, 4.69) is 6.92 Å². The van der Waals surface area contributed by atoms with Crippen molar-refractivity contribution in [2.75, 3.05) is 6.61 Å². The molecule has 0 aromatic heterocycles. The Labute approximate surface area is 130 Å². The SMILES string of the molecule is CCCCCCOC(=O)c1c(C)c(O)c2ccccc2c1O. The third-order valence-corrected chi connectivity index (χ3v) is 3.84. The summed E-state index contributed by atoms with van der Waals surface area (Å²) in [4.78, 5) is 12.2. The van der Waals surface area contributed by atoms with Gasteiger partial charge in [0, 0.05) is 16.3 Å². The highest BCUT2D eigenvalue weighted by atomic mass is 16.5. The maximum absolute atomic E-state index is 12.2. The summed E-state index contributed by atoms with van der Waals surface area (Å²) in [6.45, 7) is 4.05. The van der Waals surface area contributed by atoms with Crippen molar-refractivity contribution in [3.05, 3.63) is 35.4 Å². The van der Waals surface area contributed by atoms with E-state index >= 15 is 0 Å². The van der Waals surface area contributed by atoms with Gasteiger partial charge in [0.15, 0.2) is 0 Å². The molecule has 0 atom stereocenters. The van der Waals surface area contributed by atoms with Crippen LogP contribution in [-0.2, 0) is 4.74 Å². The van der Waals surface area contributed by atoms with Crippen molar-refractivity contribution in [3.8, 4) is 11.5 Å². The number of phenols is 2. The van der Waals surface area contributed by atoms with E-state index in [0.29, 0.717) is 22.9 Å². The van der Waals surface area contributed by atoms with Crippen LogP contribution < -0.4 is 0 Å². The largest absolute Gasteiger partial charge is 0.507 e. The first-order valence-electron chi connectivity index (χ1n) is 7.68. The van der Waals surface area contributed by atoms with Gasteiger partial charge in [0.2, 0.25) is 0 Å². The van der Waals surface area contributed by atoms with Crippen LogP contribution in [0.25, 0.3) is 10.8 Å². The molecular formula is C18H22O4. The quantitative estimate of drug-likeness (QED) is 0.474. The highest BCUT2D eigenvalue weighted by Crippen LogP contribution is 2.39. The fourth-order valence-corrected chi connectivity index (χ4v) is 2.54. The van der Waals surface area contributed by atoms with Gasteiger partial charge in [-0.25, -0.2) is 4.79 Å². The van der Waals surface area contributed by atoms with Gasteiger partial charge in [-0.2, -0.15) is 0 Å². The Morgan fingerprint density at radius 2 is 1.68 bits per heavy atom. The lowest BCUT2D eigenvalue weighted by Crippen LogP contribution is -2.09. The molecule has 2 aromatic carbocycles. The van der Waals surface area contributed by atoms with Gasteiger partial charge in [-0.05, 0) is 13.3 Å². The Morgan fingerprint density at radius 3 is 2.32 bits per heavy atom. The van der Waals surface area contributed by atoms with E-state index in [1.165, 1.54) is 0 Å². The van der Waals surface area contributed by atoms with E-state index in [9.17, 15) is 15.0 Å². The lowest BCUT2D eigenvalue weighted by molar-refractivity contribution is 0.0493. The summed E-state index contributed by atoms with van der Waals surface area (Å²) in [5.41, 5.74) is 0.390. The molecule has 0 fully saturated rings. The van der Waals surface area contributed by atoms with Crippen LogP contribution in [-0.4, -0.2) is 22.8 Å². The first-order chi connectivity index (χ1) is 10.6. The zero-order valence-corrected chi connectivity index (χ0v) is 13.1. The molecule has 118 valence electrons. The van der Waals surface area contributed by atoms with Crippen LogP contribution in [0.5, 0.6) is 11.5 Å². The number of rotatable bonds is 6. The standard InChI is InChI=1S/C18H22O4/c1-3-4-5-8-11-22-18(21)15-12(2)16(19)13-9-6-7-10-14(13)17(15)20/h6-7,9-10,19-20H,3-5,8,11H2,1-2H3. The number of ether oxygens (including phenoxy) is 1. The molecule has 0 unspecified atom stereocenters. The van der Waals surface area contributed by atoms with E-state index < -0.39 is 5.97 Å². The number of carbonyl (C=O) groups is 1. The summed E-state index contributed by atoms with van der Waals surface area (Å²) in [6.07, 6.45) is 4.04. The minimum absolute atomic E-state index is 0.00586. The van der Waals surface area contributed by atoms with Gasteiger partial charge in [0.1, 0.15) is 17.1 Å². The summed E-state index contributed by atoms with van der Waals surface area (Å²) >= 11 is 0. The summed E-state index contributed by atoms with van der Waals surface area (Å²) in [6, 6.07) is 6.89. The van der Waals surface area contributed by atoms with Crippen LogP contribution >= 0.6 is 0 Å². The van der Waals surface area contributed by atoms with Crippen LogP contribution in [0.4, 0.5) is 0 Å². The second-order valence-corrected chi connectivity index (χ2v) is 5.44. The normalized spacial score (nSPS) is 10.8. The Morgan fingerprint density at radius 1 is 1.05 bits per heavy atom. The molecule has 0 saturated heterocycles. The maximum atomic E-state index is 12.2. The van der Waals surface area contributed by atoms with E-state index in [1.807, 2.05) is 0 Å². The van der Waals surface area contributed by atoms with Crippen LogP contribution in [0.15, 0.2) is 24.3 Å². The van der Waals surface area contributed by atoms with Crippen molar-refractivity contribution in [3.63, 3.8) is 0 Å². The number of fused-ring (bicyclic) bond motifs is 1. The molecule has 0 aliphatic heterocycles. The number of esters is 1. The molecule has 0 radical (unpaired) electrons. The van der Waals surface area contributed by atoms with Gasteiger partial charge < -0.3 is 14.9 Å². The monoisotopic (exact) mass is 302 g/mol. The third kappa shape index (κ3) is 3.16. The summed E-state index contributed by atoms with van der Waals surface area (Å²) < 4.78 is 5.23. The minimum Gasteiger partial charge on any atom is -0.507 e. The van der Waals surface area contributed by atoms with E-state index in [1.54, 1.807) is 31.2 Å². The predicted octanol–water partition coefficient (Wildman–Crippen LogP) is 4.30. The average molecular weight is 302 g/mol. The molecule has 4 heteroatoms. The number of hydrogen-bond acceptors (Lipinski definition) is 4. The lowest BCUT2D eigenvalue weighted by Gasteiger charge is -2.13. The van der Waals surface area contributed by atoms with Crippen molar-refractivity contribution in [1.29, 1.82) is 0 Å². The molecule has 0 amide bonds. The van der Waals surface area contributed by atoms with Crippen LogP contribution in [0.3, 0.4) is 0 Å². The number of aromatic hydroxyl groups is 2. The third-order valence-electron chi connectivity index (χ3n) is 3.84. The molecule has 0 heterocycles. The predicted molar refractivity (Wildman–Crippen MR) is 86.4 cm³/mol. The summed E-state index contributed by atoms with van der Waals surface area (Å²) in [7, 11) is 0. The summed E-state index contributed by atoms with van der Waals surface area (Å²) in [5, 5.41) is 21.6. The van der Waals surface area contributed by atoms with Gasteiger partial charge in [-0.3, -0.25) is 0 Å².